The van der Waals surface area contributed by atoms with Crippen molar-refractivity contribution >= 4 is 40.7 Å². The lowest BCUT2D eigenvalue weighted by atomic mass is 10.0. The number of urea groups is 1. The third kappa shape index (κ3) is 6.60. The van der Waals surface area contributed by atoms with Crippen LogP contribution in [0.25, 0.3) is 0 Å². The molecule has 0 radical (unpaired) electrons. The minimum absolute atomic E-state index is 0.0176. The van der Waals surface area contributed by atoms with Crippen LogP contribution in [0.15, 0.2) is 36.4 Å². The summed E-state index contributed by atoms with van der Waals surface area (Å²) in [7, 11) is 0. The smallest absolute Gasteiger partial charge is 0.323 e. The van der Waals surface area contributed by atoms with Gasteiger partial charge in [-0.1, -0.05) is 45.4 Å². The van der Waals surface area contributed by atoms with Crippen LogP contribution in [0.4, 0.5) is 26.2 Å². The van der Waals surface area contributed by atoms with Crippen LogP contribution in [0.3, 0.4) is 0 Å². The molecule has 1 saturated carbocycles. The lowest BCUT2D eigenvalue weighted by molar-refractivity contribution is -0.138. The second kappa shape index (κ2) is 10.4. The van der Waals surface area contributed by atoms with Crippen LogP contribution in [0.2, 0.25) is 5.02 Å². The van der Waals surface area contributed by atoms with E-state index in [2.05, 4.69) is 43.2 Å². The fourth-order valence-corrected chi connectivity index (χ4v) is 4.17. The van der Waals surface area contributed by atoms with Crippen molar-refractivity contribution in [3.05, 3.63) is 52.8 Å². The Morgan fingerprint density at radius 3 is 2.24 bits per heavy atom. The number of nitrogens with zero attached hydrogens (tertiary/aromatic N) is 1. The van der Waals surface area contributed by atoms with Gasteiger partial charge in [-0.05, 0) is 60.1 Å². The van der Waals surface area contributed by atoms with E-state index in [1.807, 2.05) is 18.2 Å². The Balaban J connectivity index is 1.90. The van der Waals surface area contributed by atoms with Crippen molar-refractivity contribution in [3.63, 3.8) is 0 Å². The first-order valence-corrected chi connectivity index (χ1v) is 11.6. The molecule has 3 rings (SSSR count). The van der Waals surface area contributed by atoms with Crippen LogP contribution in [0, 0.1) is 23.6 Å². The lowest BCUT2D eigenvalue weighted by Crippen LogP contribution is -2.32. The molecule has 0 bridgehead atoms. The molecule has 2 aromatic carbocycles. The molecule has 1 aliphatic carbocycles. The van der Waals surface area contributed by atoms with Crippen molar-refractivity contribution < 1.29 is 19.1 Å². The quantitative estimate of drug-likeness (QED) is 0.390. The second-order valence-corrected chi connectivity index (χ2v) is 9.90. The van der Waals surface area contributed by atoms with Crippen LogP contribution in [-0.4, -0.2) is 30.2 Å². The van der Waals surface area contributed by atoms with E-state index in [4.69, 9.17) is 11.6 Å². The molecule has 3 N–H and O–H groups in total. The van der Waals surface area contributed by atoms with E-state index in [9.17, 15) is 19.1 Å². The Bertz CT molecular complexity index is 1020. The number of carbonyl (C=O) groups excluding carboxylic acids is 1. The number of carbonyl (C=O) groups is 2. The second-order valence-electron chi connectivity index (χ2n) is 9.46. The summed E-state index contributed by atoms with van der Waals surface area (Å²) in [6, 6.07) is 9.17. The van der Waals surface area contributed by atoms with E-state index in [-0.39, 0.29) is 16.6 Å². The minimum atomic E-state index is -0.809. The summed E-state index contributed by atoms with van der Waals surface area (Å²) < 4.78 is 14.2. The summed E-state index contributed by atoms with van der Waals surface area (Å²) >= 11 is 5.79. The third-order valence-electron chi connectivity index (χ3n) is 5.50. The summed E-state index contributed by atoms with van der Waals surface area (Å²) in [5.41, 5.74) is 2.30. The molecule has 2 amide bonds. The molecule has 0 heterocycles. The van der Waals surface area contributed by atoms with Gasteiger partial charge in [0.1, 0.15) is 5.82 Å². The Morgan fingerprint density at radius 2 is 1.70 bits per heavy atom. The van der Waals surface area contributed by atoms with Gasteiger partial charge in [-0.15, -0.1) is 0 Å². The Labute approximate surface area is 199 Å². The molecule has 2 atom stereocenters. The van der Waals surface area contributed by atoms with Gasteiger partial charge in [0.25, 0.3) is 0 Å². The average molecular weight is 476 g/mol. The van der Waals surface area contributed by atoms with Crippen molar-refractivity contribution in [1.29, 1.82) is 0 Å². The average Bonchev–Trinajstić information content (AvgIpc) is 3.50. The summed E-state index contributed by atoms with van der Waals surface area (Å²) in [6.07, 6.45) is 0.581. The van der Waals surface area contributed by atoms with Gasteiger partial charge in [0.2, 0.25) is 0 Å². The van der Waals surface area contributed by atoms with Crippen LogP contribution < -0.4 is 15.5 Å². The van der Waals surface area contributed by atoms with Gasteiger partial charge in [-0.2, -0.15) is 0 Å². The van der Waals surface area contributed by atoms with E-state index < -0.39 is 23.7 Å². The summed E-state index contributed by atoms with van der Waals surface area (Å²) in [6.45, 7) is 10.1. The normalized spacial score (nSPS) is 17.2. The highest BCUT2D eigenvalue weighted by molar-refractivity contribution is 6.30. The van der Waals surface area contributed by atoms with E-state index in [0.29, 0.717) is 23.9 Å². The molecule has 0 aliphatic heterocycles. The van der Waals surface area contributed by atoms with E-state index >= 15 is 0 Å². The fraction of sp³-hybridized carbons (Fsp3) is 0.440. The maximum absolute atomic E-state index is 14.2. The maximum Gasteiger partial charge on any atom is 0.323 e. The molecule has 0 saturated heterocycles. The molecule has 2 aromatic rings. The number of hydrogen-bond acceptors (Lipinski definition) is 3. The van der Waals surface area contributed by atoms with E-state index in [1.165, 1.54) is 12.1 Å². The summed E-state index contributed by atoms with van der Waals surface area (Å²) in [4.78, 5) is 26.3. The van der Waals surface area contributed by atoms with E-state index in [0.717, 1.165) is 30.4 Å². The lowest BCUT2D eigenvalue weighted by Gasteiger charge is -2.30. The van der Waals surface area contributed by atoms with Gasteiger partial charge < -0.3 is 20.6 Å². The third-order valence-corrected chi connectivity index (χ3v) is 5.73. The molecule has 33 heavy (non-hydrogen) atoms. The number of carboxylic acid groups (broad SMARTS) is 1. The van der Waals surface area contributed by atoms with E-state index in [1.54, 1.807) is 0 Å². The molecule has 0 unspecified atom stereocenters. The fourth-order valence-electron chi connectivity index (χ4n) is 4.02. The zero-order chi connectivity index (χ0) is 24.3. The Hall–Kier alpha value is -2.80. The molecule has 0 aromatic heterocycles. The highest BCUT2D eigenvalue weighted by Gasteiger charge is 2.44. The number of aliphatic carboxylic acids is 1. The molecule has 1 aliphatic rings. The van der Waals surface area contributed by atoms with Gasteiger partial charge in [0.05, 0.1) is 23.0 Å². The number of carboxylic acids is 1. The molecule has 0 spiro atoms. The Kier molecular flexibility index (Phi) is 7.84. The van der Waals surface area contributed by atoms with Crippen LogP contribution >= 0.6 is 11.6 Å². The molecule has 6 nitrogen and oxygen atoms in total. The van der Waals surface area contributed by atoms with Crippen molar-refractivity contribution in [3.8, 4) is 0 Å². The summed E-state index contributed by atoms with van der Waals surface area (Å²) in [5.74, 6) is -1.12. The zero-order valence-electron chi connectivity index (χ0n) is 19.4. The standard InChI is InChI=1S/C25H31ClFN3O3/c1-14(2)12-30(13-15(3)4)23-8-5-16(18-11-19(18)24(31)32)9-22(23)29-25(33)28-21-7-6-17(26)10-20(21)27/h5-10,14-15,18-19H,11-13H2,1-4H3,(H,31,32)(H2,28,29,33)/t18-,19-/m0/s1. The number of amides is 2. The molecule has 1 fully saturated rings. The van der Waals surface area contributed by atoms with Crippen molar-refractivity contribution in [1.82, 2.24) is 0 Å². The van der Waals surface area contributed by atoms with Gasteiger partial charge in [-0.25, -0.2) is 9.18 Å². The van der Waals surface area contributed by atoms with Crippen LogP contribution in [-0.2, 0) is 4.79 Å². The Morgan fingerprint density at radius 1 is 1.06 bits per heavy atom. The van der Waals surface area contributed by atoms with Gasteiger partial charge >= 0.3 is 12.0 Å². The number of halogens is 2. The molecule has 8 heteroatoms. The van der Waals surface area contributed by atoms with Gasteiger partial charge in [0, 0.05) is 18.1 Å². The van der Waals surface area contributed by atoms with Gasteiger partial charge in [0.15, 0.2) is 0 Å². The largest absolute Gasteiger partial charge is 0.481 e. The van der Waals surface area contributed by atoms with Gasteiger partial charge in [-0.3, -0.25) is 4.79 Å². The molecular weight excluding hydrogens is 445 g/mol. The number of benzene rings is 2. The first-order valence-electron chi connectivity index (χ1n) is 11.2. The first-order chi connectivity index (χ1) is 15.5. The minimum Gasteiger partial charge on any atom is -0.481 e. The zero-order valence-corrected chi connectivity index (χ0v) is 20.1. The van der Waals surface area contributed by atoms with Crippen LogP contribution in [0.5, 0.6) is 0 Å². The van der Waals surface area contributed by atoms with Crippen molar-refractivity contribution in [2.45, 2.75) is 40.0 Å². The topological polar surface area (TPSA) is 81.7 Å². The molecular formula is C25H31ClFN3O3. The molecule has 178 valence electrons. The number of anilines is 3. The first kappa shape index (κ1) is 24.8. The number of rotatable bonds is 9. The highest BCUT2D eigenvalue weighted by Crippen LogP contribution is 2.49. The number of hydrogen-bond donors (Lipinski definition) is 3. The predicted octanol–water partition coefficient (Wildman–Crippen LogP) is 6.43. The predicted molar refractivity (Wildman–Crippen MR) is 131 cm³/mol. The highest BCUT2D eigenvalue weighted by atomic mass is 35.5. The monoisotopic (exact) mass is 475 g/mol. The maximum atomic E-state index is 14.2. The SMILES string of the molecule is CC(C)CN(CC(C)C)c1ccc([C@@H]2C[C@@H]2C(=O)O)cc1NC(=O)Nc1ccc(Cl)cc1F. The summed E-state index contributed by atoms with van der Waals surface area (Å²) in [5, 5.41) is 14.9. The van der Waals surface area contributed by atoms with Crippen molar-refractivity contribution in [2.75, 3.05) is 28.6 Å². The van der Waals surface area contributed by atoms with Crippen molar-refractivity contribution in [2.24, 2.45) is 17.8 Å². The van der Waals surface area contributed by atoms with Crippen LogP contribution in [0.1, 0.15) is 45.6 Å². The number of nitrogens with one attached hydrogen (secondary N) is 2.